The van der Waals surface area contributed by atoms with Gasteiger partial charge in [0.05, 0.1) is 23.0 Å². The van der Waals surface area contributed by atoms with Crippen LogP contribution in [0.15, 0.2) is 76.5 Å². The lowest BCUT2D eigenvalue weighted by Gasteiger charge is -2.14. The number of hydrogen-bond acceptors (Lipinski definition) is 6. The quantitative estimate of drug-likeness (QED) is 0.407. The van der Waals surface area contributed by atoms with Gasteiger partial charge in [0.15, 0.2) is 11.5 Å². The fourth-order valence-electron chi connectivity index (χ4n) is 2.85. The standard InChI is InChI=1S/C22H23ClN2O6S2/c1-3-30-21-14-13-20(15-22(21)31-4-2)33(28,29)25-18-9-11-19(12-10-18)32(26,27)24-17-7-5-16(23)6-8-17/h5-15,24-25H,3-4H2,1-2H3. The first-order valence-corrected chi connectivity index (χ1v) is 13.3. The molecule has 0 unspecified atom stereocenters. The molecule has 0 aliphatic heterocycles. The van der Waals surface area contributed by atoms with E-state index in [1.807, 2.05) is 6.92 Å². The fourth-order valence-corrected chi connectivity index (χ4v) is 5.11. The van der Waals surface area contributed by atoms with Crippen LogP contribution in [-0.4, -0.2) is 30.0 Å². The molecular formula is C22H23ClN2O6S2. The lowest BCUT2D eigenvalue weighted by atomic mass is 10.3. The predicted molar refractivity (Wildman–Crippen MR) is 128 cm³/mol. The van der Waals surface area contributed by atoms with Gasteiger partial charge in [0.2, 0.25) is 0 Å². The van der Waals surface area contributed by atoms with Crippen molar-refractivity contribution in [1.82, 2.24) is 0 Å². The van der Waals surface area contributed by atoms with Crippen LogP contribution >= 0.6 is 11.6 Å². The van der Waals surface area contributed by atoms with E-state index in [1.165, 1.54) is 54.6 Å². The summed E-state index contributed by atoms with van der Waals surface area (Å²) in [5, 5.41) is 0.482. The maximum Gasteiger partial charge on any atom is 0.262 e. The zero-order chi connectivity index (χ0) is 24.1. The van der Waals surface area contributed by atoms with E-state index in [1.54, 1.807) is 19.1 Å². The van der Waals surface area contributed by atoms with Crippen molar-refractivity contribution in [2.45, 2.75) is 23.6 Å². The maximum absolute atomic E-state index is 12.8. The summed E-state index contributed by atoms with van der Waals surface area (Å²) in [6.07, 6.45) is 0. The topological polar surface area (TPSA) is 111 Å². The number of nitrogens with one attached hydrogen (secondary N) is 2. The number of hydrogen-bond donors (Lipinski definition) is 2. The van der Waals surface area contributed by atoms with E-state index in [2.05, 4.69) is 9.44 Å². The summed E-state index contributed by atoms with van der Waals surface area (Å²) >= 11 is 5.81. The Labute approximate surface area is 198 Å². The number of anilines is 2. The highest BCUT2D eigenvalue weighted by Gasteiger charge is 2.19. The Morgan fingerprint density at radius 2 is 1.12 bits per heavy atom. The molecule has 2 N–H and O–H groups in total. The molecule has 0 amide bonds. The van der Waals surface area contributed by atoms with Crippen LogP contribution in [0.25, 0.3) is 0 Å². The second kappa shape index (κ2) is 10.3. The van der Waals surface area contributed by atoms with Gasteiger partial charge in [0.1, 0.15) is 0 Å². The van der Waals surface area contributed by atoms with Gasteiger partial charge in [0, 0.05) is 22.5 Å². The summed E-state index contributed by atoms with van der Waals surface area (Å²) in [6.45, 7) is 4.35. The Bertz CT molecular complexity index is 1310. The van der Waals surface area contributed by atoms with E-state index in [0.717, 1.165) is 0 Å². The van der Waals surface area contributed by atoms with Crippen LogP contribution in [0.1, 0.15) is 13.8 Å². The van der Waals surface area contributed by atoms with Crippen molar-refractivity contribution >= 4 is 43.0 Å². The van der Waals surface area contributed by atoms with Crippen molar-refractivity contribution in [3.05, 3.63) is 71.8 Å². The van der Waals surface area contributed by atoms with Gasteiger partial charge >= 0.3 is 0 Å². The van der Waals surface area contributed by atoms with E-state index in [4.69, 9.17) is 21.1 Å². The molecule has 176 valence electrons. The van der Waals surface area contributed by atoms with E-state index in [9.17, 15) is 16.8 Å². The molecule has 0 aliphatic rings. The molecule has 0 fully saturated rings. The minimum Gasteiger partial charge on any atom is -0.490 e. The van der Waals surface area contributed by atoms with Crippen LogP contribution in [0.3, 0.4) is 0 Å². The molecule has 0 radical (unpaired) electrons. The molecule has 0 bridgehead atoms. The fraction of sp³-hybridized carbons (Fsp3) is 0.182. The van der Waals surface area contributed by atoms with Crippen molar-refractivity contribution in [2.75, 3.05) is 22.7 Å². The molecule has 3 aromatic rings. The van der Waals surface area contributed by atoms with Gasteiger partial charge in [-0.3, -0.25) is 9.44 Å². The van der Waals surface area contributed by atoms with Crippen LogP contribution in [0.5, 0.6) is 11.5 Å². The molecule has 0 saturated heterocycles. The molecule has 0 heterocycles. The third-order valence-electron chi connectivity index (χ3n) is 4.34. The average molecular weight is 511 g/mol. The monoisotopic (exact) mass is 510 g/mol. The van der Waals surface area contributed by atoms with E-state index in [0.29, 0.717) is 35.4 Å². The molecular weight excluding hydrogens is 488 g/mol. The van der Waals surface area contributed by atoms with Crippen LogP contribution in [0.4, 0.5) is 11.4 Å². The first kappa shape index (κ1) is 24.7. The molecule has 3 rings (SSSR count). The second-order valence-electron chi connectivity index (χ2n) is 6.72. The summed E-state index contributed by atoms with van der Waals surface area (Å²) in [7, 11) is -7.81. The van der Waals surface area contributed by atoms with Crippen LogP contribution < -0.4 is 18.9 Å². The van der Waals surface area contributed by atoms with E-state index in [-0.39, 0.29) is 15.5 Å². The molecule has 0 aliphatic carbocycles. The van der Waals surface area contributed by atoms with Gasteiger partial charge in [-0.15, -0.1) is 0 Å². The smallest absolute Gasteiger partial charge is 0.262 e. The van der Waals surface area contributed by atoms with Crippen LogP contribution in [-0.2, 0) is 20.0 Å². The van der Waals surface area contributed by atoms with Crippen molar-refractivity contribution in [3.63, 3.8) is 0 Å². The van der Waals surface area contributed by atoms with Gasteiger partial charge in [-0.25, -0.2) is 16.8 Å². The first-order chi connectivity index (χ1) is 15.6. The van der Waals surface area contributed by atoms with Gasteiger partial charge < -0.3 is 9.47 Å². The summed E-state index contributed by atoms with van der Waals surface area (Å²) < 4.78 is 66.6. The van der Waals surface area contributed by atoms with Gasteiger partial charge in [0.25, 0.3) is 20.0 Å². The number of ether oxygens (including phenoxy) is 2. The summed E-state index contributed by atoms with van der Waals surface area (Å²) in [4.78, 5) is -0.0457. The van der Waals surface area contributed by atoms with Gasteiger partial charge in [-0.1, -0.05) is 11.6 Å². The minimum atomic E-state index is -3.95. The number of halogens is 1. The average Bonchev–Trinajstić information content (AvgIpc) is 2.77. The van der Waals surface area contributed by atoms with Crippen LogP contribution in [0.2, 0.25) is 5.02 Å². The van der Waals surface area contributed by atoms with Crippen molar-refractivity contribution in [2.24, 2.45) is 0 Å². The Balaban J connectivity index is 1.78. The van der Waals surface area contributed by atoms with E-state index >= 15 is 0 Å². The van der Waals surface area contributed by atoms with Crippen LogP contribution in [0, 0.1) is 0 Å². The predicted octanol–water partition coefficient (Wildman–Crippen LogP) is 4.74. The largest absolute Gasteiger partial charge is 0.490 e. The lowest BCUT2D eigenvalue weighted by Crippen LogP contribution is -2.15. The Hall–Kier alpha value is -2.95. The Morgan fingerprint density at radius 3 is 1.67 bits per heavy atom. The number of sulfonamides is 2. The van der Waals surface area contributed by atoms with Gasteiger partial charge in [-0.05, 0) is 74.5 Å². The molecule has 33 heavy (non-hydrogen) atoms. The summed E-state index contributed by atoms with van der Waals surface area (Å²) in [5.74, 6) is 0.762. The second-order valence-corrected chi connectivity index (χ2v) is 10.5. The van der Waals surface area contributed by atoms with Crippen molar-refractivity contribution < 1.29 is 26.3 Å². The van der Waals surface area contributed by atoms with Crippen molar-refractivity contribution in [3.8, 4) is 11.5 Å². The third-order valence-corrected chi connectivity index (χ3v) is 7.37. The van der Waals surface area contributed by atoms with Gasteiger partial charge in [-0.2, -0.15) is 0 Å². The number of benzene rings is 3. The highest BCUT2D eigenvalue weighted by Crippen LogP contribution is 2.31. The lowest BCUT2D eigenvalue weighted by molar-refractivity contribution is 0.287. The van der Waals surface area contributed by atoms with Crippen molar-refractivity contribution in [1.29, 1.82) is 0 Å². The zero-order valence-corrected chi connectivity index (χ0v) is 20.3. The summed E-state index contributed by atoms with van der Waals surface area (Å²) in [6, 6.07) is 15.9. The molecule has 3 aromatic carbocycles. The molecule has 8 nitrogen and oxygen atoms in total. The Kier molecular flexibility index (Phi) is 7.72. The highest BCUT2D eigenvalue weighted by atomic mass is 35.5. The number of rotatable bonds is 10. The summed E-state index contributed by atoms with van der Waals surface area (Å²) in [5.41, 5.74) is 0.553. The molecule has 0 atom stereocenters. The third kappa shape index (κ3) is 6.31. The molecule has 0 spiro atoms. The van der Waals surface area contributed by atoms with E-state index < -0.39 is 20.0 Å². The molecule has 11 heteroatoms. The normalized spacial score (nSPS) is 11.6. The maximum atomic E-state index is 12.8. The first-order valence-electron chi connectivity index (χ1n) is 9.95. The molecule has 0 saturated carbocycles. The molecule has 0 aromatic heterocycles. The zero-order valence-electron chi connectivity index (χ0n) is 17.9. The Morgan fingerprint density at radius 1 is 0.667 bits per heavy atom. The highest BCUT2D eigenvalue weighted by molar-refractivity contribution is 7.93. The SMILES string of the molecule is CCOc1ccc(S(=O)(=O)Nc2ccc(S(=O)(=O)Nc3ccc(Cl)cc3)cc2)cc1OCC. The minimum absolute atomic E-state index is 0.0180.